The van der Waals surface area contributed by atoms with Crippen molar-refractivity contribution in [1.82, 2.24) is 10.1 Å². The van der Waals surface area contributed by atoms with Crippen molar-refractivity contribution in [3.63, 3.8) is 0 Å². The minimum absolute atomic E-state index is 0.572. The number of anilines is 1. The molecule has 104 valence electrons. The molecule has 1 aromatic heterocycles. The van der Waals surface area contributed by atoms with E-state index >= 15 is 0 Å². The molecule has 0 unspecified atom stereocenters. The van der Waals surface area contributed by atoms with E-state index in [9.17, 15) is 0 Å². The zero-order valence-corrected chi connectivity index (χ0v) is 11.8. The van der Waals surface area contributed by atoms with Crippen LogP contribution in [0.5, 0.6) is 0 Å². The van der Waals surface area contributed by atoms with Crippen LogP contribution in [0.1, 0.15) is 11.1 Å². The second-order valence-electron chi connectivity index (χ2n) is 5.29. The van der Waals surface area contributed by atoms with Crippen molar-refractivity contribution in [2.24, 2.45) is 0 Å². The van der Waals surface area contributed by atoms with Crippen molar-refractivity contribution >= 4 is 5.69 Å². The minimum Gasteiger partial charge on any atom is -0.384 e. The van der Waals surface area contributed by atoms with Gasteiger partial charge in [-0.1, -0.05) is 29.4 Å². The summed E-state index contributed by atoms with van der Waals surface area (Å²) in [5.41, 5.74) is 5.64. The second kappa shape index (κ2) is 4.74. The van der Waals surface area contributed by atoms with Crippen molar-refractivity contribution in [1.29, 1.82) is 0 Å². The largest absolute Gasteiger partial charge is 0.384 e. The predicted molar refractivity (Wildman–Crippen MR) is 82.1 cm³/mol. The molecule has 4 rings (SSSR count). The smallest absolute Gasteiger partial charge is 0.258 e. The maximum absolute atomic E-state index is 5.44. The van der Waals surface area contributed by atoms with Crippen LogP contribution in [0.4, 0.5) is 5.69 Å². The fourth-order valence-corrected chi connectivity index (χ4v) is 2.71. The van der Waals surface area contributed by atoms with Crippen molar-refractivity contribution < 1.29 is 4.52 Å². The number of aryl methyl sites for hydroxylation is 1. The maximum atomic E-state index is 5.44. The molecule has 21 heavy (non-hydrogen) atoms. The molecule has 2 aromatic carbocycles. The number of hydrogen-bond donors (Lipinski definition) is 1. The Hall–Kier alpha value is -2.62. The molecule has 1 aliphatic heterocycles. The first kappa shape index (κ1) is 12.1. The Morgan fingerprint density at radius 1 is 1.14 bits per heavy atom. The van der Waals surface area contributed by atoms with Gasteiger partial charge in [-0.05, 0) is 42.7 Å². The molecule has 0 amide bonds. The summed E-state index contributed by atoms with van der Waals surface area (Å²) in [6.07, 6.45) is 1.04. The Morgan fingerprint density at radius 2 is 2.05 bits per heavy atom. The van der Waals surface area contributed by atoms with Crippen LogP contribution in [-0.2, 0) is 6.42 Å². The van der Waals surface area contributed by atoms with E-state index in [1.54, 1.807) is 0 Å². The van der Waals surface area contributed by atoms with Gasteiger partial charge < -0.3 is 9.84 Å². The van der Waals surface area contributed by atoms with E-state index in [0.29, 0.717) is 11.7 Å². The standard InChI is InChI=1S/C17H15N3O/c1-11-4-2-3-5-14(11)16-19-17(21-20-16)13-6-7-15-12(10-13)8-9-18-15/h2-7,10,18H,8-9H2,1H3. The number of hydrogen-bond acceptors (Lipinski definition) is 4. The van der Waals surface area contributed by atoms with Gasteiger partial charge >= 0.3 is 0 Å². The summed E-state index contributed by atoms with van der Waals surface area (Å²) in [5, 5.41) is 7.47. The second-order valence-corrected chi connectivity index (χ2v) is 5.29. The van der Waals surface area contributed by atoms with Gasteiger partial charge in [-0.15, -0.1) is 0 Å². The third-order valence-electron chi connectivity index (χ3n) is 3.87. The Kier molecular flexibility index (Phi) is 2.74. The minimum atomic E-state index is 0.572. The zero-order valence-electron chi connectivity index (χ0n) is 11.8. The zero-order chi connectivity index (χ0) is 14.2. The third-order valence-corrected chi connectivity index (χ3v) is 3.87. The van der Waals surface area contributed by atoms with E-state index in [1.165, 1.54) is 11.3 Å². The number of nitrogens with one attached hydrogen (secondary N) is 1. The number of aromatic nitrogens is 2. The van der Waals surface area contributed by atoms with Gasteiger partial charge in [0.25, 0.3) is 5.89 Å². The van der Waals surface area contributed by atoms with E-state index in [4.69, 9.17) is 4.52 Å². The molecule has 0 bridgehead atoms. The highest BCUT2D eigenvalue weighted by Crippen LogP contribution is 2.29. The summed E-state index contributed by atoms with van der Waals surface area (Å²) < 4.78 is 5.44. The van der Waals surface area contributed by atoms with Crippen LogP contribution in [0.25, 0.3) is 22.8 Å². The molecule has 3 aromatic rings. The van der Waals surface area contributed by atoms with Gasteiger partial charge in [0.05, 0.1) is 0 Å². The molecule has 0 spiro atoms. The molecule has 0 radical (unpaired) electrons. The SMILES string of the molecule is Cc1ccccc1-c1noc(-c2ccc3c(c2)CCN3)n1. The predicted octanol–water partition coefficient (Wildman–Crippen LogP) is 3.68. The molecule has 0 saturated carbocycles. The summed E-state index contributed by atoms with van der Waals surface area (Å²) in [5.74, 6) is 1.21. The van der Waals surface area contributed by atoms with Crippen molar-refractivity contribution in [3.05, 3.63) is 53.6 Å². The van der Waals surface area contributed by atoms with E-state index in [1.807, 2.05) is 37.3 Å². The molecule has 0 aliphatic carbocycles. The van der Waals surface area contributed by atoms with E-state index < -0.39 is 0 Å². The highest BCUT2D eigenvalue weighted by molar-refractivity contribution is 5.67. The average molecular weight is 277 g/mol. The quantitative estimate of drug-likeness (QED) is 0.776. The molecule has 0 atom stereocenters. The molecule has 1 N–H and O–H groups in total. The van der Waals surface area contributed by atoms with E-state index in [-0.39, 0.29) is 0 Å². The number of fused-ring (bicyclic) bond motifs is 1. The summed E-state index contributed by atoms with van der Waals surface area (Å²) in [4.78, 5) is 4.54. The van der Waals surface area contributed by atoms with Crippen LogP contribution in [0, 0.1) is 6.92 Å². The lowest BCUT2D eigenvalue weighted by atomic mass is 10.1. The molecular weight excluding hydrogens is 262 g/mol. The molecule has 2 heterocycles. The summed E-state index contributed by atoms with van der Waals surface area (Å²) in [6.45, 7) is 3.05. The maximum Gasteiger partial charge on any atom is 0.258 e. The Bertz CT molecular complexity index is 807. The van der Waals surface area contributed by atoms with Crippen LogP contribution in [-0.4, -0.2) is 16.7 Å². The Labute approximate surface area is 122 Å². The van der Waals surface area contributed by atoms with Gasteiger partial charge in [0.1, 0.15) is 0 Å². The highest BCUT2D eigenvalue weighted by Gasteiger charge is 2.15. The van der Waals surface area contributed by atoms with Crippen LogP contribution in [0.2, 0.25) is 0 Å². The highest BCUT2D eigenvalue weighted by atomic mass is 16.5. The van der Waals surface area contributed by atoms with Gasteiger partial charge in [-0.3, -0.25) is 0 Å². The molecule has 0 saturated heterocycles. The number of nitrogens with zero attached hydrogens (tertiary/aromatic N) is 2. The molecule has 0 fully saturated rings. The lowest BCUT2D eigenvalue weighted by Gasteiger charge is -2.00. The van der Waals surface area contributed by atoms with Gasteiger partial charge in [0.2, 0.25) is 5.82 Å². The van der Waals surface area contributed by atoms with Gasteiger partial charge in [0.15, 0.2) is 0 Å². The van der Waals surface area contributed by atoms with Crippen molar-refractivity contribution in [2.75, 3.05) is 11.9 Å². The first-order chi connectivity index (χ1) is 10.3. The van der Waals surface area contributed by atoms with E-state index in [0.717, 1.165) is 29.7 Å². The number of benzene rings is 2. The fourth-order valence-electron chi connectivity index (χ4n) is 2.71. The van der Waals surface area contributed by atoms with Gasteiger partial charge in [0, 0.05) is 23.4 Å². The summed E-state index contributed by atoms with van der Waals surface area (Å²) in [7, 11) is 0. The van der Waals surface area contributed by atoms with Crippen LogP contribution >= 0.6 is 0 Å². The average Bonchev–Trinajstić information content (AvgIpc) is 3.16. The molecule has 1 aliphatic rings. The van der Waals surface area contributed by atoms with Crippen LogP contribution < -0.4 is 5.32 Å². The molecule has 4 heteroatoms. The van der Waals surface area contributed by atoms with Crippen LogP contribution in [0.15, 0.2) is 47.0 Å². The summed E-state index contributed by atoms with van der Waals surface area (Å²) in [6, 6.07) is 14.3. The molecule has 4 nitrogen and oxygen atoms in total. The molecular formula is C17H15N3O. The lowest BCUT2D eigenvalue weighted by Crippen LogP contribution is -1.90. The fraction of sp³-hybridized carbons (Fsp3) is 0.176. The number of rotatable bonds is 2. The lowest BCUT2D eigenvalue weighted by molar-refractivity contribution is 0.432. The first-order valence-electron chi connectivity index (χ1n) is 7.08. The van der Waals surface area contributed by atoms with Crippen molar-refractivity contribution in [3.8, 4) is 22.8 Å². The first-order valence-corrected chi connectivity index (χ1v) is 7.08. The normalized spacial score (nSPS) is 13.0. The Balaban J connectivity index is 1.73. The Morgan fingerprint density at radius 3 is 2.95 bits per heavy atom. The monoisotopic (exact) mass is 277 g/mol. The van der Waals surface area contributed by atoms with E-state index in [2.05, 4.69) is 27.6 Å². The van der Waals surface area contributed by atoms with Crippen molar-refractivity contribution in [2.45, 2.75) is 13.3 Å². The third kappa shape index (κ3) is 2.09. The topological polar surface area (TPSA) is 51.0 Å². The van der Waals surface area contributed by atoms with Gasteiger partial charge in [-0.2, -0.15) is 4.98 Å². The van der Waals surface area contributed by atoms with Crippen LogP contribution in [0.3, 0.4) is 0 Å². The summed E-state index contributed by atoms with van der Waals surface area (Å²) >= 11 is 0. The van der Waals surface area contributed by atoms with Gasteiger partial charge in [-0.25, -0.2) is 0 Å².